The van der Waals surface area contributed by atoms with Crippen LogP contribution < -0.4 is 9.47 Å². The first-order valence-corrected chi connectivity index (χ1v) is 8.39. The summed E-state index contributed by atoms with van der Waals surface area (Å²) in [6, 6.07) is 7.63. The molecule has 2 atom stereocenters. The summed E-state index contributed by atoms with van der Waals surface area (Å²) >= 11 is 0. The Morgan fingerprint density at radius 3 is 2.96 bits per heavy atom. The summed E-state index contributed by atoms with van der Waals surface area (Å²) in [5.41, 5.74) is 1.13. The van der Waals surface area contributed by atoms with Crippen molar-refractivity contribution in [2.24, 2.45) is 0 Å². The van der Waals surface area contributed by atoms with Crippen LogP contribution in [0.3, 0.4) is 0 Å². The zero-order valence-corrected chi connectivity index (χ0v) is 13.7. The second kappa shape index (κ2) is 6.19. The predicted molar refractivity (Wildman–Crippen MR) is 88.1 cm³/mol. The minimum atomic E-state index is -0.570. The number of hydrogen-bond acceptors (Lipinski definition) is 4. The zero-order chi connectivity index (χ0) is 16.5. The van der Waals surface area contributed by atoms with Gasteiger partial charge in [-0.1, -0.05) is 12.1 Å². The Morgan fingerprint density at radius 2 is 2.17 bits per heavy atom. The van der Waals surface area contributed by atoms with E-state index in [-0.39, 0.29) is 18.6 Å². The van der Waals surface area contributed by atoms with Gasteiger partial charge in [-0.25, -0.2) is 0 Å². The molecular formula is C18H21N3O3. The normalized spacial score (nSPS) is 22.6. The summed E-state index contributed by atoms with van der Waals surface area (Å²) < 4.78 is 13.5. The van der Waals surface area contributed by atoms with Gasteiger partial charge >= 0.3 is 0 Å². The number of aryl methyl sites for hydroxylation is 1. The molecule has 2 aromatic rings. The zero-order valence-electron chi connectivity index (χ0n) is 13.7. The van der Waals surface area contributed by atoms with Crippen LogP contribution in [0.1, 0.15) is 18.4 Å². The van der Waals surface area contributed by atoms with Crippen molar-refractivity contribution in [3.63, 3.8) is 0 Å². The number of carbonyl (C=O) groups is 1. The Balaban J connectivity index is 1.45. The van der Waals surface area contributed by atoms with Gasteiger partial charge in [-0.3, -0.25) is 9.48 Å². The van der Waals surface area contributed by atoms with Crippen molar-refractivity contribution in [2.75, 3.05) is 13.2 Å². The summed E-state index contributed by atoms with van der Waals surface area (Å²) in [5.74, 6) is 1.35. The molecule has 2 aliphatic heterocycles. The number of likely N-dealkylation sites (tertiary alicyclic amines) is 1. The molecule has 1 amide bonds. The number of fused-ring (bicyclic) bond motifs is 1. The number of ether oxygens (including phenoxy) is 2. The van der Waals surface area contributed by atoms with E-state index in [1.807, 2.05) is 53.2 Å². The van der Waals surface area contributed by atoms with Crippen LogP contribution >= 0.6 is 0 Å². The second-order valence-electron chi connectivity index (χ2n) is 6.43. The molecule has 1 fully saturated rings. The van der Waals surface area contributed by atoms with E-state index in [0.717, 1.165) is 31.5 Å². The van der Waals surface area contributed by atoms with E-state index >= 15 is 0 Å². The van der Waals surface area contributed by atoms with E-state index in [4.69, 9.17) is 9.47 Å². The summed E-state index contributed by atoms with van der Waals surface area (Å²) in [5, 5.41) is 4.34. The minimum Gasteiger partial charge on any atom is -0.485 e. The van der Waals surface area contributed by atoms with E-state index in [9.17, 15) is 4.79 Å². The monoisotopic (exact) mass is 327 g/mol. The highest BCUT2D eigenvalue weighted by Gasteiger charge is 2.36. The molecule has 24 heavy (non-hydrogen) atoms. The van der Waals surface area contributed by atoms with Crippen LogP contribution in [0.15, 0.2) is 36.7 Å². The van der Waals surface area contributed by atoms with Gasteiger partial charge in [0.25, 0.3) is 5.91 Å². The Morgan fingerprint density at radius 1 is 1.33 bits per heavy atom. The van der Waals surface area contributed by atoms with Gasteiger partial charge in [-0.05, 0) is 37.5 Å². The lowest BCUT2D eigenvalue weighted by Gasteiger charge is -2.31. The third kappa shape index (κ3) is 2.84. The number of aromatic nitrogens is 2. The van der Waals surface area contributed by atoms with Gasteiger partial charge in [0.2, 0.25) is 6.10 Å². The average molecular weight is 327 g/mol. The van der Waals surface area contributed by atoms with Gasteiger partial charge in [0.05, 0.1) is 18.8 Å². The number of amides is 1. The number of carbonyl (C=O) groups excluding carboxylic acids is 1. The lowest BCUT2D eigenvalue weighted by atomic mass is 10.2. The van der Waals surface area contributed by atoms with Gasteiger partial charge < -0.3 is 14.4 Å². The van der Waals surface area contributed by atoms with Crippen molar-refractivity contribution < 1.29 is 14.3 Å². The summed E-state index contributed by atoms with van der Waals surface area (Å²) in [6.45, 7) is 3.78. The first-order valence-electron chi connectivity index (χ1n) is 8.39. The molecule has 0 spiro atoms. The molecule has 0 radical (unpaired) electrons. The maximum Gasteiger partial charge on any atom is 0.267 e. The minimum absolute atomic E-state index is 0.0101. The molecule has 126 valence electrons. The molecule has 1 aromatic heterocycles. The highest BCUT2D eigenvalue weighted by atomic mass is 16.6. The van der Waals surface area contributed by atoms with Crippen LogP contribution in [0, 0.1) is 6.92 Å². The molecule has 6 heteroatoms. The molecule has 1 saturated heterocycles. The number of para-hydroxylation sites is 2. The number of nitrogens with zero attached hydrogens (tertiary/aromatic N) is 3. The number of hydrogen-bond donors (Lipinski definition) is 0. The van der Waals surface area contributed by atoms with Gasteiger partial charge in [0, 0.05) is 12.7 Å². The standard InChI is InChI=1S/C18H21N3O3/c1-13-9-19-20(10-13)11-14-5-4-8-21(14)18(22)17-12-23-15-6-2-3-7-16(15)24-17/h2-3,6-7,9-10,14,17H,4-5,8,11-12H2,1H3/t14-,17-/m0/s1. The maximum atomic E-state index is 12.9. The van der Waals surface area contributed by atoms with Crippen molar-refractivity contribution in [3.05, 3.63) is 42.2 Å². The molecule has 6 nitrogen and oxygen atoms in total. The van der Waals surface area contributed by atoms with Gasteiger partial charge in [0.15, 0.2) is 11.5 Å². The summed E-state index contributed by atoms with van der Waals surface area (Å²) in [7, 11) is 0. The molecule has 0 aliphatic carbocycles. The summed E-state index contributed by atoms with van der Waals surface area (Å²) in [4.78, 5) is 14.8. The quantitative estimate of drug-likeness (QED) is 0.865. The van der Waals surface area contributed by atoms with Crippen LogP contribution in [-0.2, 0) is 11.3 Å². The van der Waals surface area contributed by atoms with Crippen LogP contribution in [0.4, 0.5) is 0 Å². The molecule has 2 aliphatic rings. The average Bonchev–Trinajstić information content (AvgIpc) is 3.23. The van der Waals surface area contributed by atoms with Crippen LogP contribution in [0.2, 0.25) is 0 Å². The van der Waals surface area contributed by atoms with Crippen molar-refractivity contribution in [3.8, 4) is 11.5 Å². The lowest BCUT2D eigenvalue weighted by molar-refractivity contribution is -0.142. The van der Waals surface area contributed by atoms with E-state index in [1.54, 1.807) is 0 Å². The van der Waals surface area contributed by atoms with E-state index in [0.29, 0.717) is 11.5 Å². The molecule has 0 N–H and O–H groups in total. The molecule has 0 saturated carbocycles. The summed E-state index contributed by atoms with van der Waals surface area (Å²) in [6.07, 6.45) is 5.29. The van der Waals surface area contributed by atoms with Gasteiger partial charge in [-0.15, -0.1) is 0 Å². The fourth-order valence-electron chi connectivity index (χ4n) is 3.42. The Labute approximate surface area is 141 Å². The number of rotatable bonds is 3. The predicted octanol–water partition coefficient (Wildman–Crippen LogP) is 2.02. The van der Waals surface area contributed by atoms with Gasteiger partial charge in [0.1, 0.15) is 6.61 Å². The molecule has 4 rings (SSSR count). The first-order chi connectivity index (χ1) is 11.7. The van der Waals surface area contributed by atoms with Crippen LogP contribution in [0.5, 0.6) is 11.5 Å². The molecule has 3 heterocycles. The number of benzene rings is 1. The fourth-order valence-corrected chi connectivity index (χ4v) is 3.42. The van der Waals surface area contributed by atoms with E-state index < -0.39 is 6.10 Å². The fraction of sp³-hybridized carbons (Fsp3) is 0.444. The Bertz CT molecular complexity index is 743. The third-order valence-corrected chi connectivity index (χ3v) is 4.60. The highest BCUT2D eigenvalue weighted by Crippen LogP contribution is 2.32. The maximum absolute atomic E-state index is 12.9. The highest BCUT2D eigenvalue weighted by molar-refractivity contribution is 5.82. The first kappa shape index (κ1) is 15.1. The van der Waals surface area contributed by atoms with Crippen LogP contribution in [-0.4, -0.2) is 45.9 Å². The van der Waals surface area contributed by atoms with Crippen molar-refractivity contribution >= 4 is 5.91 Å². The van der Waals surface area contributed by atoms with E-state index in [2.05, 4.69) is 5.10 Å². The molecule has 0 bridgehead atoms. The molecule has 0 unspecified atom stereocenters. The van der Waals surface area contributed by atoms with Crippen molar-refractivity contribution in [1.29, 1.82) is 0 Å². The van der Waals surface area contributed by atoms with Gasteiger partial charge in [-0.2, -0.15) is 5.10 Å². The van der Waals surface area contributed by atoms with E-state index in [1.165, 1.54) is 0 Å². The van der Waals surface area contributed by atoms with Crippen LogP contribution in [0.25, 0.3) is 0 Å². The Hall–Kier alpha value is -2.50. The molecular weight excluding hydrogens is 306 g/mol. The largest absolute Gasteiger partial charge is 0.485 e. The lowest BCUT2D eigenvalue weighted by Crippen LogP contribution is -2.49. The second-order valence-corrected chi connectivity index (χ2v) is 6.43. The Kier molecular flexibility index (Phi) is 3.88. The smallest absolute Gasteiger partial charge is 0.267 e. The topological polar surface area (TPSA) is 56.6 Å². The van der Waals surface area contributed by atoms with Crippen molar-refractivity contribution in [2.45, 2.75) is 38.5 Å². The SMILES string of the molecule is Cc1cnn(C[C@@H]2CCCN2C(=O)[C@@H]2COc3ccccc3O2)c1. The molecule has 1 aromatic carbocycles. The van der Waals surface area contributed by atoms with Crippen molar-refractivity contribution in [1.82, 2.24) is 14.7 Å². The third-order valence-electron chi connectivity index (χ3n) is 4.60.